The molecule has 0 saturated carbocycles. The third-order valence-electron chi connectivity index (χ3n) is 5.20. The molecule has 31 heavy (non-hydrogen) atoms. The number of hydrogen-bond donors (Lipinski definition) is 3. The Balaban J connectivity index is 0.00000341. The first-order valence-corrected chi connectivity index (χ1v) is 10.5. The minimum Gasteiger partial charge on any atom is -0.497 e. The van der Waals surface area contributed by atoms with Gasteiger partial charge in [-0.05, 0) is 55.2 Å². The second-order valence-corrected chi connectivity index (χ2v) is 7.40. The van der Waals surface area contributed by atoms with Crippen LogP contribution in [0.1, 0.15) is 30.9 Å². The zero-order valence-electron chi connectivity index (χ0n) is 18.1. The Labute approximate surface area is 200 Å². The first kappa shape index (κ1) is 25.2. The molecule has 0 aromatic heterocycles. The average molecular weight is 542 g/mol. The molecule has 0 unspecified atom stereocenters. The van der Waals surface area contributed by atoms with E-state index in [0.717, 1.165) is 23.4 Å². The van der Waals surface area contributed by atoms with Crippen molar-refractivity contribution in [3.8, 4) is 5.75 Å². The van der Waals surface area contributed by atoms with Gasteiger partial charge in [0, 0.05) is 26.2 Å². The largest absolute Gasteiger partial charge is 0.497 e. The van der Waals surface area contributed by atoms with Gasteiger partial charge in [0.25, 0.3) is 0 Å². The first-order valence-electron chi connectivity index (χ1n) is 10.5. The highest BCUT2D eigenvalue weighted by molar-refractivity contribution is 14.0. The van der Waals surface area contributed by atoms with Gasteiger partial charge in [0.2, 0.25) is 0 Å². The summed E-state index contributed by atoms with van der Waals surface area (Å²) >= 11 is 0. The summed E-state index contributed by atoms with van der Waals surface area (Å²) in [5, 5.41) is 16.2. The summed E-state index contributed by atoms with van der Waals surface area (Å²) in [6, 6.07) is 13.1. The minimum absolute atomic E-state index is 0. The molecule has 2 aromatic rings. The molecular weight excluding hydrogens is 510 g/mol. The summed E-state index contributed by atoms with van der Waals surface area (Å²) in [6.45, 7) is 5.11. The molecule has 0 amide bonds. The summed E-state index contributed by atoms with van der Waals surface area (Å²) in [7, 11) is 1.65. The monoisotopic (exact) mass is 542 g/mol. The number of rotatable bonds is 7. The number of halogens is 2. The normalized spacial score (nSPS) is 14.7. The van der Waals surface area contributed by atoms with Crippen molar-refractivity contribution in [1.82, 2.24) is 10.6 Å². The van der Waals surface area contributed by atoms with Crippen molar-refractivity contribution in [3.05, 3.63) is 59.4 Å². The molecule has 6 nitrogen and oxygen atoms in total. The molecule has 0 radical (unpaired) electrons. The van der Waals surface area contributed by atoms with Crippen LogP contribution in [-0.2, 0) is 13.1 Å². The number of anilines is 1. The molecule has 1 heterocycles. The van der Waals surface area contributed by atoms with Gasteiger partial charge < -0.3 is 25.4 Å². The molecule has 3 rings (SSSR count). The summed E-state index contributed by atoms with van der Waals surface area (Å²) in [6.07, 6.45) is 1.09. The van der Waals surface area contributed by atoms with E-state index in [2.05, 4.69) is 15.6 Å². The van der Waals surface area contributed by atoms with E-state index in [0.29, 0.717) is 50.7 Å². The Kier molecular flexibility index (Phi) is 10.3. The van der Waals surface area contributed by atoms with Crippen LogP contribution in [0.2, 0.25) is 0 Å². The van der Waals surface area contributed by atoms with Crippen molar-refractivity contribution < 1.29 is 14.2 Å². The molecule has 3 N–H and O–H groups in total. The number of benzene rings is 2. The maximum Gasteiger partial charge on any atom is 0.191 e. The number of nitrogens with one attached hydrogen (secondary N) is 2. The van der Waals surface area contributed by atoms with Gasteiger partial charge >= 0.3 is 0 Å². The highest BCUT2D eigenvalue weighted by Crippen LogP contribution is 2.24. The van der Waals surface area contributed by atoms with E-state index in [1.807, 2.05) is 48.2 Å². The van der Waals surface area contributed by atoms with Crippen LogP contribution in [0.15, 0.2) is 47.5 Å². The molecule has 170 valence electrons. The predicted octanol–water partition coefficient (Wildman–Crippen LogP) is 3.67. The Hall–Kier alpha value is -2.07. The summed E-state index contributed by atoms with van der Waals surface area (Å²) in [4.78, 5) is 6.58. The van der Waals surface area contributed by atoms with Crippen LogP contribution in [0.25, 0.3) is 0 Å². The van der Waals surface area contributed by atoms with E-state index >= 15 is 0 Å². The number of guanidine groups is 1. The standard InChI is InChI=1S/C23H31FN4O2.HI/c1-3-25-23(26-15-17-4-7-20(30-2)8-5-17)27-16-18-6-9-22(21(24)14-18)28-12-10-19(29)11-13-28;/h4-9,14,19,29H,3,10-13,15-16H2,1-2H3,(H2,25,26,27);1H. The van der Waals surface area contributed by atoms with Crippen molar-refractivity contribution in [2.75, 3.05) is 31.6 Å². The van der Waals surface area contributed by atoms with Crippen molar-refractivity contribution in [2.24, 2.45) is 4.99 Å². The molecule has 1 aliphatic heterocycles. The number of nitrogens with zero attached hydrogens (tertiary/aromatic N) is 2. The third-order valence-corrected chi connectivity index (χ3v) is 5.20. The number of aliphatic hydroxyl groups is 1. The predicted molar refractivity (Wildman–Crippen MR) is 134 cm³/mol. The van der Waals surface area contributed by atoms with E-state index in [1.54, 1.807) is 13.2 Å². The van der Waals surface area contributed by atoms with Crippen LogP contribution in [-0.4, -0.2) is 43.9 Å². The summed E-state index contributed by atoms with van der Waals surface area (Å²) in [5.41, 5.74) is 2.53. The number of aliphatic hydroxyl groups excluding tert-OH is 1. The minimum atomic E-state index is -0.271. The van der Waals surface area contributed by atoms with E-state index in [-0.39, 0.29) is 35.9 Å². The number of hydrogen-bond acceptors (Lipinski definition) is 4. The molecule has 0 spiro atoms. The van der Waals surface area contributed by atoms with Crippen molar-refractivity contribution >= 4 is 35.6 Å². The van der Waals surface area contributed by atoms with Crippen LogP contribution in [0.4, 0.5) is 10.1 Å². The fourth-order valence-electron chi connectivity index (χ4n) is 3.45. The van der Waals surface area contributed by atoms with Crippen LogP contribution >= 0.6 is 24.0 Å². The lowest BCUT2D eigenvalue weighted by molar-refractivity contribution is 0.145. The molecule has 2 aromatic carbocycles. The van der Waals surface area contributed by atoms with E-state index < -0.39 is 0 Å². The lowest BCUT2D eigenvalue weighted by Gasteiger charge is -2.31. The van der Waals surface area contributed by atoms with Gasteiger partial charge in [0.1, 0.15) is 11.6 Å². The lowest BCUT2D eigenvalue weighted by atomic mass is 10.1. The SMILES string of the molecule is CCNC(=NCc1ccc(N2CCC(O)CC2)c(F)c1)NCc1ccc(OC)cc1.I. The number of ether oxygens (including phenoxy) is 1. The van der Waals surface area contributed by atoms with E-state index in [4.69, 9.17) is 4.74 Å². The van der Waals surface area contributed by atoms with Gasteiger partial charge in [-0.3, -0.25) is 0 Å². The molecule has 8 heteroatoms. The smallest absolute Gasteiger partial charge is 0.191 e. The van der Waals surface area contributed by atoms with Gasteiger partial charge in [-0.2, -0.15) is 0 Å². The molecular formula is C23H32FIN4O2. The van der Waals surface area contributed by atoms with Gasteiger partial charge in [-0.15, -0.1) is 24.0 Å². The highest BCUT2D eigenvalue weighted by Gasteiger charge is 2.19. The van der Waals surface area contributed by atoms with Gasteiger partial charge in [-0.25, -0.2) is 9.38 Å². The highest BCUT2D eigenvalue weighted by atomic mass is 127. The fraction of sp³-hybridized carbons (Fsp3) is 0.435. The van der Waals surface area contributed by atoms with Crippen molar-refractivity contribution in [2.45, 2.75) is 39.0 Å². The Bertz CT molecular complexity index is 840. The van der Waals surface area contributed by atoms with Crippen molar-refractivity contribution in [3.63, 3.8) is 0 Å². The number of aliphatic imine (C=N–C) groups is 1. The fourth-order valence-corrected chi connectivity index (χ4v) is 3.45. The molecule has 1 saturated heterocycles. The van der Waals surface area contributed by atoms with Gasteiger partial charge in [0.15, 0.2) is 5.96 Å². The van der Waals surface area contributed by atoms with Crippen LogP contribution < -0.4 is 20.3 Å². The average Bonchev–Trinajstić information content (AvgIpc) is 2.77. The van der Waals surface area contributed by atoms with Crippen LogP contribution in [0.3, 0.4) is 0 Å². The lowest BCUT2D eigenvalue weighted by Crippen LogP contribution is -2.36. The van der Waals surface area contributed by atoms with Crippen LogP contribution in [0.5, 0.6) is 5.75 Å². The third kappa shape index (κ3) is 7.53. The Morgan fingerprint density at radius 1 is 1.13 bits per heavy atom. The van der Waals surface area contributed by atoms with E-state index in [9.17, 15) is 9.50 Å². The zero-order chi connectivity index (χ0) is 21.3. The Morgan fingerprint density at radius 2 is 1.81 bits per heavy atom. The Morgan fingerprint density at radius 3 is 2.42 bits per heavy atom. The van der Waals surface area contributed by atoms with Gasteiger partial charge in [0.05, 0.1) is 25.4 Å². The topological polar surface area (TPSA) is 69.1 Å². The molecule has 0 aliphatic carbocycles. The second kappa shape index (κ2) is 12.7. The summed E-state index contributed by atoms with van der Waals surface area (Å²) < 4.78 is 19.8. The quantitative estimate of drug-likeness (QED) is 0.283. The maximum atomic E-state index is 14.6. The van der Waals surface area contributed by atoms with Gasteiger partial charge in [-0.1, -0.05) is 18.2 Å². The van der Waals surface area contributed by atoms with Crippen LogP contribution in [0, 0.1) is 5.82 Å². The maximum absolute atomic E-state index is 14.6. The van der Waals surface area contributed by atoms with Crippen molar-refractivity contribution in [1.29, 1.82) is 0 Å². The zero-order valence-corrected chi connectivity index (χ0v) is 20.4. The molecule has 0 atom stereocenters. The molecule has 1 fully saturated rings. The number of piperidine rings is 1. The summed E-state index contributed by atoms with van der Waals surface area (Å²) in [5.74, 6) is 1.27. The number of methoxy groups -OCH3 is 1. The second-order valence-electron chi connectivity index (χ2n) is 7.40. The van der Waals surface area contributed by atoms with E-state index in [1.165, 1.54) is 0 Å². The molecule has 0 bridgehead atoms. The first-order chi connectivity index (χ1) is 14.6. The molecule has 1 aliphatic rings.